The fourth-order valence-corrected chi connectivity index (χ4v) is 4.59. The number of para-hydroxylation sites is 2. The largest absolute Gasteiger partial charge is 0.397 e. The van der Waals surface area contributed by atoms with Gasteiger partial charge in [-0.05, 0) is 36.4 Å². The Morgan fingerprint density at radius 1 is 1.21 bits per heavy atom. The molecule has 0 atom stereocenters. The molecule has 4 rings (SSSR count). The zero-order chi connectivity index (χ0) is 24.2. The van der Waals surface area contributed by atoms with Crippen molar-refractivity contribution in [2.75, 3.05) is 41.9 Å². The van der Waals surface area contributed by atoms with Crippen LogP contribution < -0.4 is 21.3 Å². The average Bonchev–Trinajstić information content (AvgIpc) is 3.24. The summed E-state index contributed by atoms with van der Waals surface area (Å²) in [6.45, 7) is 0.947. The molecule has 2 aromatic carbocycles. The number of nitrogens with one attached hydrogen (secondary N) is 2. The SMILES string of the molecule is CN(C)c1ccc(NC(=C[N+](=O)[O-])N2CCc3nc(C(=O)Nc4ccccc4N)sc3C2)cc1. The van der Waals surface area contributed by atoms with Crippen LogP contribution in [-0.4, -0.2) is 41.4 Å². The molecule has 176 valence electrons. The maximum atomic E-state index is 12.7. The number of nitrogens with zero attached hydrogens (tertiary/aromatic N) is 4. The third kappa shape index (κ3) is 5.26. The second-order valence-electron chi connectivity index (χ2n) is 7.97. The molecule has 0 unspecified atom stereocenters. The molecule has 10 nitrogen and oxygen atoms in total. The molecule has 2 heterocycles. The number of rotatable bonds is 7. The first-order valence-corrected chi connectivity index (χ1v) is 11.4. The number of anilines is 4. The summed E-state index contributed by atoms with van der Waals surface area (Å²) in [6, 6.07) is 14.7. The number of benzene rings is 2. The van der Waals surface area contributed by atoms with Crippen LogP contribution in [0.2, 0.25) is 0 Å². The number of fused-ring (bicyclic) bond motifs is 1. The number of nitrogen functional groups attached to an aromatic ring is 1. The molecule has 34 heavy (non-hydrogen) atoms. The van der Waals surface area contributed by atoms with Crippen LogP contribution in [0.1, 0.15) is 20.4 Å². The summed E-state index contributed by atoms with van der Waals surface area (Å²) in [6.07, 6.45) is 1.54. The minimum Gasteiger partial charge on any atom is -0.397 e. The van der Waals surface area contributed by atoms with Gasteiger partial charge in [-0.25, -0.2) is 4.98 Å². The van der Waals surface area contributed by atoms with Gasteiger partial charge in [-0.2, -0.15) is 0 Å². The summed E-state index contributed by atoms with van der Waals surface area (Å²) < 4.78 is 0. The van der Waals surface area contributed by atoms with Crippen molar-refractivity contribution in [3.63, 3.8) is 0 Å². The molecule has 0 aliphatic carbocycles. The summed E-state index contributed by atoms with van der Waals surface area (Å²) in [5.41, 5.74) is 9.53. The van der Waals surface area contributed by atoms with Crippen molar-refractivity contribution < 1.29 is 9.72 Å². The van der Waals surface area contributed by atoms with E-state index in [-0.39, 0.29) is 5.91 Å². The van der Waals surface area contributed by atoms with Gasteiger partial charge in [0.15, 0.2) is 10.8 Å². The Balaban J connectivity index is 1.50. The van der Waals surface area contributed by atoms with Crippen molar-refractivity contribution in [2.45, 2.75) is 13.0 Å². The van der Waals surface area contributed by atoms with E-state index in [1.54, 1.807) is 24.3 Å². The fraction of sp³-hybridized carbons (Fsp3) is 0.217. The molecule has 0 radical (unpaired) electrons. The smallest absolute Gasteiger partial charge is 0.284 e. The van der Waals surface area contributed by atoms with Gasteiger partial charge in [0.05, 0.1) is 28.5 Å². The number of carbonyl (C=O) groups is 1. The Labute approximate surface area is 200 Å². The number of nitro groups is 1. The van der Waals surface area contributed by atoms with Crippen LogP contribution in [0.4, 0.5) is 22.7 Å². The van der Waals surface area contributed by atoms with Gasteiger partial charge >= 0.3 is 0 Å². The van der Waals surface area contributed by atoms with Crippen molar-refractivity contribution in [1.29, 1.82) is 0 Å². The molecule has 1 aliphatic rings. The monoisotopic (exact) mass is 479 g/mol. The number of thiazole rings is 1. The summed E-state index contributed by atoms with van der Waals surface area (Å²) in [4.78, 5) is 32.8. The number of nitrogens with two attached hydrogens (primary N) is 1. The zero-order valence-electron chi connectivity index (χ0n) is 18.8. The van der Waals surface area contributed by atoms with Gasteiger partial charge in [-0.1, -0.05) is 12.1 Å². The number of carbonyl (C=O) groups excluding carboxylic acids is 1. The third-order valence-electron chi connectivity index (χ3n) is 5.36. The molecular weight excluding hydrogens is 454 g/mol. The number of amides is 1. The van der Waals surface area contributed by atoms with E-state index in [4.69, 9.17) is 5.73 Å². The first kappa shape index (κ1) is 23.1. The van der Waals surface area contributed by atoms with Crippen LogP contribution in [0.3, 0.4) is 0 Å². The van der Waals surface area contributed by atoms with Gasteiger partial charge in [-0.15, -0.1) is 11.3 Å². The Morgan fingerprint density at radius 2 is 1.94 bits per heavy atom. The number of aromatic nitrogens is 1. The van der Waals surface area contributed by atoms with Crippen LogP contribution >= 0.6 is 11.3 Å². The lowest BCUT2D eigenvalue weighted by atomic mass is 10.2. The predicted octanol–water partition coefficient (Wildman–Crippen LogP) is 3.59. The number of hydrogen-bond acceptors (Lipinski definition) is 9. The van der Waals surface area contributed by atoms with E-state index in [1.165, 1.54) is 11.3 Å². The quantitative estimate of drug-likeness (QED) is 0.266. The Kier molecular flexibility index (Phi) is 6.64. The lowest BCUT2D eigenvalue weighted by molar-refractivity contribution is -0.404. The van der Waals surface area contributed by atoms with E-state index >= 15 is 0 Å². The second kappa shape index (κ2) is 9.79. The Hall–Kier alpha value is -4.12. The van der Waals surface area contributed by atoms with Crippen LogP contribution in [0.5, 0.6) is 0 Å². The molecule has 0 saturated carbocycles. The van der Waals surface area contributed by atoms with E-state index in [0.717, 1.165) is 28.1 Å². The fourth-order valence-electron chi connectivity index (χ4n) is 3.57. The molecule has 3 aromatic rings. The highest BCUT2D eigenvalue weighted by Gasteiger charge is 2.26. The van der Waals surface area contributed by atoms with E-state index in [1.807, 2.05) is 48.2 Å². The molecule has 1 aliphatic heterocycles. The molecule has 1 aromatic heterocycles. The van der Waals surface area contributed by atoms with Gasteiger partial charge in [-0.3, -0.25) is 14.9 Å². The van der Waals surface area contributed by atoms with Crippen LogP contribution in [0, 0.1) is 10.1 Å². The molecule has 4 N–H and O–H groups in total. The predicted molar refractivity (Wildman–Crippen MR) is 135 cm³/mol. The topological polar surface area (TPSA) is 130 Å². The summed E-state index contributed by atoms with van der Waals surface area (Å²) in [5, 5.41) is 17.6. The van der Waals surface area contributed by atoms with Crippen molar-refractivity contribution in [3.05, 3.63) is 86.2 Å². The van der Waals surface area contributed by atoms with Gasteiger partial charge in [0, 0.05) is 43.3 Å². The maximum Gasteiger partial charge on any atom is 0.284 e. The Bertz CT molecular complexity index is 1240. The van der Waals surface area contributed by atoms with Crippen molar-refractivity contribution in [3.8, 4) is 0 Å². The van der Waals surface area contributed by atoms with Crippen LogP contribution in [0.15, 0.2) is 60.6 Å². The second-order valence-corrected chi connectivity index (χ2v) is 9.05. The molecule has 0 saturated heterocycles. The highest BCUT2D eigenvalue weighted by atomic mass is 32.1. The molecule has 1 amide bonds. The highest BCUT2D eigenvalue weighted by Crippen LogP contribution is 2.29. The first-order valence-electron chi connectivity index (χ1n) is 10.6. The summed E-state index contributed by atoms with van der Waals surface area (Å²) in [7, 11) is 3.90. The standard InChI is InChI=1S/C23H25N7O3S/c1-28(2)16-9-7-15(8-10-16)25-21(14-30(32)33)29-12-11-19-20(13-29)34-23(27-19)22(31)26-18-6-4-3-5-17(18)24/h3-10,14,25H,11-13,24H2,1-2H3,(H,26,31). The third-order valence-corrected chi connectivity index (χ3v) is 6.44. The van der Waals surface area contributed by atoms with Crippen LogP contribution in [-0.2, 0) is 13.0 Å². The maximum absolute atomic E-state index is 12.7. The van der Waals surface area contributed by atoms with E-state index in [9.17, 15) is 14.9 Å². The van der Waals surface area contributed by atoms with E-state index in [2.05, 4.69) is 15.6 Å². The lowest BCUT2D eigenvalue weighted by Gasteiger charge is -2.29. The van der Waals surface area contributed by atoms with Crippen molar-refractivity contribution >= 4 is 40.0 Å². The van der Waals surface area contributed by atoms with E-state index in [0.29, 0.717) is 41.7 Å². The first-order chi connectivity index (χ1) is 16.3. The number of hydrogen-bond donors (Lipinski definition) is 3. The molecule has 0 spiro atoms. The Morgan fingerprint density at radius 3 is 2.62 bits per heavy atom. The van der Waals surface area contributed by atoms with Crippen molar-refractivity contribution in [2.24, 2.45) is 0 Å². The normalized spacial score (nSPS) is 13.2. The van der Waals surface area contributed by atoms with Gasteiger partial charge in [0.1, 0.15) is 0 Å². The van der Waals surface area contributed by atoms with Crippen LogP contribution in [0.25, 0.3) is 0 Å². The highest BCUT2D eigenvalue weighted by molar-refractivity contribution is 7.13. The van der Waals surface area contributed by atoms with E-state index < -0.39 is 4.92 Å². The average molecular weight is 480 g/mol. The molecule has 0 bridgehead atoms. The van der Waals surface area contributed by atoms with Gasteiger partial charge in [0.25, 0.3) is 12.1 Å². The zero-order valence-corrected chi connectivity index (χ0v) is 19.6. The lowest BCUT2D eigenvalue weighted by Crippen LogP contribution is -2.33. The summed E-state index contributed by atoms with van der Waals surface area (Å²) in [5.74, 6) is 0.0497. The van der Waals surface area contributed by atoms with Gasteiger partial charge in [0.2, 0.25) is 0 Å². The summed E-state index contributed by atoms with van der Waals surface area (Å²) >= 11 is 1.28. The molecule has 0 fully saturated rings. The molecular formula is C23H25N7O3S. The minimum atomic E-state index is -0.470. The minimum absolute atomic E-state index is 0.330. The van der Waals surface area contributed by atoms with Crippen molar-refractivity contribution in [1.82, 2.24) is 9.88 Å². The molecule has 11 heteroatoms. The van der Waals surface area contributed by atoms with Gasteiger partial charge < -0.3 is 26.2 Å².